The molecular formula is C13H20N4O3. The lowest BCUT2D eigenvalue weighted by Crippen LogP contribution is -2.46. The molecule has 7 heteroatoms. The molecule has 0 radical (unpaired) electrons. The van der Waals surface area contributed by atoms with Crippen molar-refractivity contribution >= 4 is 12.0 Å². The summed E-state index contributed by atoms with van der Waals surface area (Å²) < 4.78 is 1.99. The number of aliphatic carboxylic acids is 1. The number of aryl methyl sites for hydroxylation is 1. The average Bonchev–Trinajstić information content (AvgIpc) is 3.09. The van der Waals surface area contributed by atoms with Crippen LogP contribution >= 0.6 is 0 Å². The average molecular weight is 280 g/mol. The zero-order valence-corrected chi connectivity index (χ0v) is 11.4. The van der Waals surface area contributed by atoms with Crippen molar-refractivity contribution in [2.45, 2.75) is 38.3 Å². The molecule has 20 heavy (non-hydrogen) atoms. The third kappa shape index (κ3) is 3.72. The number of rotatable bonds is 6. The molecule has 1 aliphatic rings. The van der Waals surface area contributed by atoms with Gasteiger partial charge in [-0.25, -0.2) is 14.6 Å². The first-order valence-corrected chi connectivity index (χ1v) is 6.91. The van der Waals surface area contributed by atoms with Crippen molar-refractivity contribution in [3.63, 3.8) is 0 Å². The maximum absolute atomic E-state index is 11.9. The summed E-state index contributed by atoms with van der Waals surface area (Å²) in [4.78, 5) is 28.3. The first-order chi connectivity index (χ1) is 9.68. The quantitative estimate of drug-likeness (QED) is 0.759. The van der Waals surface area contributed by atoms with Gasteiger partial charge < -0.3 is 19.9 Å². The van der Waals surface area contributed by atoms with Gasteiger partial charge in [-0.3, -0.25) is 0 Å². The standard InChI is InChI=1S/C13H20N4O3/c18-12(19)11-4-3-8-17(11)13(20)15-5-1-2-7-16-9-6-14-10-16/h6,9-11H,1-5,7-8H2,(H,15,20)(H,18,19). The Morgan fingerprint density at radius 3 is 2.95 bits per heavy atom. The van der Waals surface area contributed by atoms with Crippen LogP contribution in [0.25, 0.3) is 0 Å². The molecule has 1 unspecified atom stereocenters. The predicted molar refractivity (Wildman–Crippen MR) is 72.2 cm³/mol. The van der Waals surface area contributed by atoms with Crippen molar-refractivity contribution in [3.05, 3.63) is 18.7 Å². The lowest BCUT2D eigenvalue weighted by Gasteiger charge is -2.21. The van der Waals surface area contributed by atoms with Crippen LogP contribution in [0.5, 0.6) is 0 Å². The highest BCUT2D eigenvalue weighted by atomic mass is 16.4. The molecule has 110 valence electrons. The molecule has 7 nitrogen and oxygen atoms in total. The molecule has 0 bridgehead atoms. The van der Waals surface area contributed by atoms with Crippen LogP contribution in [0.15, 0.2) is 18.7 Å². The summed E-state index contributed by atoms with van der Waals surface area (Å²) in [6.45, 7) is 1.96. The number of amides is 2. The molecule has 1 atom stereocenters. The predicted octanol–water partition coefficient (Wildman–Crippen LogP) is 0.922. The summed E-state index contributed by atoms with van der Waals surface area (Å²) >= 11 is 0. The monoisotopic (exact) mass is 280 g/mol. The summed E-state index contributed by atoms with van der Waals surface area (Å²) in [5, 5.41) is 11.8. The van der Waals surface area contributed by atoms with Gasteiger partial charge in [0, 0.05) is 32.0 Å². The number of nitrogens with zero attached hydrogens (tertiary/aromatic N) is 3. The van der Waals surface area contributed by atoms with Crippen LogP contribution in [-0.2, 0) is 11.3 Å². The summed E-state index contributed by atoms with van der Waals surface area (Å²) in [5.41, 5.74) is 0. The maximum atomic E-state index is 11.9. The number of aromatic nitrogens is 2. The Balaban J connectivity index is 1.63. The number of nitrogens with one attached hydrogen (secondary N) is 1. The fourth-order valence-corrected chi connectivity index (χ4v) is 2.40. The molecule has 2 N–H and O–H groups in total. The Morgan fingerprint density at radius 2 is 2.25 bits per heavy atom. The zero-order chi connectivity index (χ0) is 14.4. The number of hydrogen-bond donors (Lipinski definition) is 2. The Hall–Kier alpha value is -2.05. The van der Waals surface area contributed by atoms with Crippen molar-refractivity contribution in [2.24, 2.45) is 0 Å². The van der Waals surface area contributed by atoms with E-state index < -0.39 is 12.0 Å². The van der Waals surface area contributed by atoms with Crippen molar-refractivity contribution in [3.8, 4) is 0 Å². The van der Waals surface area contributed by atoms with Crippen LogP contribution in [-0.4, -0.2) is 50.7 Å². The van der Waals surface area contributed by atoms with E-state index in [9.17, 15) is 9.59 Å². The van der Waals surface area contributed by atoms with E-state index in [1.807, 2.05) is 10.8 Å². The van der Waals surface area contributed by atoms with E-state index in [4.69, 9.17) is 5.11 Å². The first-order valence-electron chi connectivity index (χ1n) is 6.91. The van der Waals surface area contributed by atoms with Crippen molar-refractivity contribution in [1.82, 2.24) is 19.8 Å². The number of unbranched alkanes of at least 4 members (excludes halogenated alkanes) is 1. The summed E-state index contributed by atoms with van der Waals surface area (Å²) in [7, 11) is 0. The molecule has 0 saturated carbocycles. The van der Waals surface area contributed by atoms with Gasteiger partial charge in [0.2, 0.25) is 0 Å². The lowest BCUT2D eigenvalue weighted by molar-refractivity contribution is -0.141. The molecule has 0 aliphatic carbocycles. The van der Waals surface area contributed by atoms with Crippen LogP contribution in [0, 0.1) is 0 Å². The van der Waals surface area contributed by atoms with Crippen LogP contribution in [0.1, 0.15) is 25.7 Å². The largest absolute Gasteiger partial charge is 0.480 e. The van der Waals surface area contributed by atoms with Crippen LogP contribution in [0.2, 0.25) is 0 Å². The van der Waals surface area contributed by atoms with Crippen molar-refractivity contribution in [2.75, 3.05) is 13.1 Å². The molecule has 1 aromatic rings. The van der Waals surface area contributed by atoms with Gasteiger partial charge in [0.15, 0.2) is 0 Å². The zero-order valence-electron chi connectivity index (χ0n) is 11.4. The van der Waals surface area contributed by atoms with Crippen LogP contribution in [0.3, 0.4) is 0 Å². The van der Waals surface area contributed by atoms with Gasteiger partial charge in [0.1, 0.15) is 6.04 Å². The second kappa shape index (κ2) is 6.93. The Bertz CT molecular complexity index is 446. The van der Waals surface area contributed by atoms with Crippen molar-refractivity contribution in [1.29, 1.82) is 0 Å². The third-order valence-corrected chi connectivity index (χ3v) is 3.48. The number of hydrogen-bond acceptors (Lipinski definition) is 3. The number of carboxylic acid groups (broad SMARTS) is 1. The summed E-state index contributed by atoms with van der Waals surface area (Å²) in [6.07, 6.45) is 8.50. The van der Waals surface area contributed by atoms with E-state index in [2.05, 4.69) is 10.3 Å². The Kier molecular flexibility index (Phi) is 4.97. The highest BCUT2D eigenvalue weighted by Gasteiger charge is 2.33. The van der Waals surface area contributed by atoms with E-state index >= 15 is 0 Å². The summed E-state index contributed by atoms with van der Waals surface area (Å²) in [5.74, 6) is -0.919. The van der Waals surface area contributed by atoms with Crippen molar-refractivity contribution < 1.29 is 14.7 Å². The van der Waals surface area contributed by atoms with E-state index in [0.717, 1.165) is 25.8 Å². The minimum Gasteiger partial charge on any atom is -0.480 e. The van der Waals surface area contributed by atoms with Gasteiger partial charge in [0.05, 0.1) is 6.33 Å². The van der Waals surface area contributed by atoms with Gasteiger partial charge in [-0.1, -0.05) is 0 Å². The van der Waals surface area contributed by atoms with Crippen LogP contribution < -0.4 is 5.32 Å². The highest BCUT2D eigenvalue weighted by Crippen LogP contribution is 2.17. The van der Waals surface area contributed by atoms with Crippen LogP contribution in [0.4, 0.5) is 4.79 Å². The van der Waals surface area contributed by atoms with Gasteiger partial charge in [-0.05, 0) is 25.7 Å². The smallest absolute Gasteiger partial charge is 0.326 e. The molecule has 0 spiro atoms. The molecule has 0 aromatic carbocycles. The summed E-state index contributed by atoms with van der Waals surface area (Å²) in [6, 6.07) is -0.932. The number of imidazole rings is 1. The highest BCUT2D eigenvalue weighted by molar-refractivity contribution is 5.83. The molecule has 2 amide bonds. The number of urea groups is 1. The molecule has 2 rings (SSSR count). The van der Waals surface area contributed by atoms with Gasteiger partial charge >= 0.3 is 12.0 Å². The number of carbonyl (C=O) groups is 2. The van der Waals surface area contributed by atoms with E-state index in [0.29, 0.717) is 19.5 Å². The number of carbonyl (C=O) groups excluding carboxylic acids is 1. The minimum atomic E-state index is -0.919. The minimum absolute atomic E-state index is 0.266. The first kappa shape index (κ1) is 14.4. The van der Waals surface area contributed by atoms with E-state index in [1.54, 1.807) is 12.5 Å². The second-order valence-corrected chi connectivity index (χ2v) is 4.93. The second-order valence-electron chi connectivity index (χ2n) is 4.93. The Labute approximate surface area is 117 Å². The third-order valence-electron chi connectivity index (χ3n) is 3.48. The topological polar surface area (TPSA) is 87.5 Å². The molecule has 1 saturated heterocycles. The fourth-order valence-electron chi connectivity index (χ4n) is 2.40. The van der Waals surface area contributed by atoms with E-state index in [1.165, 1.54) is 4.90 Å². The molecule has 1 fully saturated rings. The lowest BCUT2D eigenvalue weighted by atomic mass is 10.2. The number of likely N-dealkylation sites (tertiary alicyclic amines) is 1. The molecular weight excluding hydrogens is 260 g/mol. The SMILES string of the molecule is O=C(O)C1CCCN1C(=O)NCCCCn1ccnc1. The molecule has 2 heterocycles. The van der Waals surface area contributed by atoms with Gasteiger partial charge in [0.25, 0.3) is 0 Å². The van der Waals surface area contributed by atoms with E-state index in [-0.39, 0.29) is 6.03 Å². The van der Waals surface area contributed by atoms with Gasteiger partial charge in [-0.2, -0.15) is 0 Å². The molecule has 1 aromatic heterocycles. The Morgan fingerprint density at radius 1 is 1.40 bits per heavy atom. The molecule has 1 aliphatic heterocycles. The number of carboxylic acids is 1. The fraction of sp³-hybridized carbons (Fsp3) is 0.615. The maximum Gasteiger partial charge on any atom is 0.326 e. The van der Waals surface area contributed by atoms with Gasteiger partial charge in [-0.15, -0.1) is 0 Å². The normalized spacial score (nSPS) is 18.2.